The molecule has 20 heavy (non-hydrogen) atoms. The number of nitrogens with zero attached hydrogens (tertiary/aromatic N) is 2. The van der Waals surface area contributed by atoms with Gasteiger partial charge in [-0.2, -0.15) is 0 Å². The monoisotopic (exact) mass is 277 g/mol. The minimum Gasteiger partial charge on any atom is -0.310 e. The quantitative estimate of drug-likeness (QED) is 0.882. The summed E-state index contributed by atoms with van der Waals surface area (Å²) in [5.74, 6) is -1.64. The van der Waals surface area contributed by atoms with Gasteiger partial charge in [-0.05, 0) is 37.1 Å². The van der Waals surface area contributed by atoms with Crippen molar-refractivity contribution in [1.29, 1.82) is 0 Å². The average Bonchev–Trinajstić information content (AvgIpc) is 2.48. The van der Waals surface area contributed by atoms with Gasteiger partial charge in [0.05, 0.1) is 0 Å². The van der Waals surface area contributed by atoms with Gasteiger partial charge in [0.15, 0.2) is 11.6 Å². The molecule has 5 heteroatoms. The average molecular weight is 277 g/mol. The van der Waals surface area contributed by atoms with Crippen LogP contribution in [0.2, 0.25) is 0 Å². The van der Waals surface area contributed by atoms with Crippen LogP contribution in [0.3, 0.4) is 0 Å². The van der Waals surface area contributed by atoms with Crippen molar-refractivity contribution in [1.82, 2.24) is 15.3 Å². The van der Waals surface area contributed by atoms with E-state index in [-0.39, 0.29) is 6.04 Å². The highest BCUT2D eigenvalue weighted by Crippen LogP contribution is 2.18. The molecule has 106 valence electrons. The number of hydrogen-bond donors (Lipinski definition) is 1. The molecule has 0 saturated heterocycles. The van der Waals surface area contributed by atoms with Crippen LogP contribution in [0, 0.1) is 11.6 Å². The van der Waals surface area contributed by atoms with E-state index >= 15 is 0 Å². The third-order valence-corrected chi connectivity index (χ3v) is 3.05. The van der Waals surface area contributed by atoms with Gasteiger partial charge in [0, 0.05) is 24.0 Å². The number of hydrogen-bond acceptors (Lipinski definition) is 3. The highest BCUT2D eigenvalue weighted by molar-refractivity contribution is 5.21. The maximum Gasteiger partial charge on any atom is 0.159 e. The Hall–Kier alpha value is -1.88. The largest absolute Gasteiger partial charge is 0.310 e. The SMILES string of the molecule is CCCNC(Cc1ccc(F)c(F)c1)c1cncnc1. The van der Waals surface area contributed by atoms with Crippen molar-refractivity contribution >= 4 is 0 Å². The summed E-state index contributed by atoms with van der Waals surface area (Å²) in [6.45, 7) is 2.91. The Morgan fingerprint density at radius 2 is 1.90 bits per heavy atom. The molecule has 1 N–H and O–H groups in total. The summed E-state index contributed by atoms with van der Waals surface area (Å²) >= 11 is 0. The van der Waals surface area contributed by atoms with E-state index in [0.717, 1.165) is 30.2 Å². The molecule has 1 heterocycles. The summed E-state index contributed by atoms with van der Waals surface area (Å²) in [6, 6.07) is 3.98. The second-order valence-electron chi connectivity index (χ2n) is 4.63. The van der Waals surface area contributed by atoms with Gasteiger partial charge in [0.2, 0.25) is 0 Å². The lowest BCUT2D eigenvalue weighted by molar-refractivity contribution is 0.499. The molecule has 0 saturated carbocycles. The lowest BCUT2D eigenvalue weighted by atomic mass is 10.0. The molecular weight excluding hydrogens is 260 g/mol. The van der Waals surface area contributed by atoms with Gasteiger partial charge in [-0.25, -0.2) is 18.7 Å². The Kier molecular flexibility index (Phi) is 5.12. The Morgan fingerprint density at radius 1 is 1.15 bits per heavy atom. The Morgan fingerprint density at radius 3 is 2.55 bits per heavy atom. The van der Waals surface area contributed by atoms with Crippen LogP contribution in [-0.2, 0) is 6.42 Å². The van der Waals surface area contributed by atoms with Crippen molar-refractivity contribution in [3.63, 3.8) is 0 Å². The fourth-order valence-corrected chi connectivity index (χ4v) is 2.02. The van der Waals surface area contributed by atoms with Crippen LogP contribution in [-0.4, -0.2) is 16.5 Å². The molecule has 0 bridgehead atoms. The molecule has 0 aliphatic carbocycles. The van der Waals surface area contributed by atoms with Crippen LogP contribution < -0.4 is 5.32 Å². The van der Waals surface area contributed by atoms with E-state index in [4.69, 9.17) is 0 Å². The third-order valence-electron chi connectivity index (χ3n) is 3.05. The van der Waals surface area contributed by atoms with Crippen molar-refractivity contribution < 1.29 is 8.78 Å². The zero-order valence-corrected chi connectivity index (χ0v) is 11.3. The van der Waals surface area contributed by atoms with E-state index in [1.165, 1.54) is 12.4 Å². The first kappa shape index (κ1) is 14.5. The lowest BCUT2D eigenvalue weighted by Crippen LogP contribution is -2.24. The van der Waals surface area contributed by atoms with E-state index in [2.05, 4.69) is 22.2 Å². The first-order chi connectivity index (χ1) is 9.70. The molecular formula is C15H17F2N3. The van der Waals surface area contributed by atoms with Crippen molar-refractivity contribution in [2.75, 3.05) is 6.54 Å². The zero-order chi connectivity index (χ0) is 14.4. The second kappa shape index (κ2) is 7.05. The number of benzene rings is 1. The van der Waals surface area contributed by atoms with E-state index < -0.39 is 11.6 Å². The summed E-state index contributed by atoms with van der Waals surface area (Å²) in [5, 5.41) is 3.37. The maximum atomic E-state index is 13.3. The molecule has 1 atom stereocenters. The predicted octanol–water partition coefficient (Wildman–Crippen LogP) is 3.04. The summed E-state index contributed by atoms with van der Waals surface area (Å²) in [6.07, 6.45) is 6.49. The molecule has 0 spiro atoms. The molecule has 0 aliphatic heterocycles. The van der Waals surface area contributed by atoms with Gasteiger partial charge < -0.3 is 5.32 Å². The standard InChI is InChI=1S/C15H17F2N3/c1-2-5-20-15(12-8-18-10-19-9-12)7-11-3-4-13(16)14(17)6-11/h3-4,6,8-10,15,20H,2,5,7H2,1H3. The molecule has 2 rings (SSSR count). The van der Waals surface area contributed by atoms with Gasteiger partial charge in [-0.15, -0.1) is 0 Å². The highest BCUT2D eigenvalue weighted by Gasteiger charge is 2.13. The Bertz CT molecular complexity index is 546. The predicted molar refractivity (Wildman–Crippen MR) is 73.1 cm³/mol. The van der Waals surface area contributed by atoms with E-state index in [0.29, 0.717) is 6.42 Å². The summed E-state index contributed by atoms with van der Waals surface area (Å²) in [5.41, 5.74) is 1.67. The third kappa shape index (κ3) is 3.81. The summed E-state index contributed by atoms with van der Waals surface area (Å²) in [7, 11) is 0. The van der Waals surface area contributed by atoms with Crippen LogP contribution in [0.5, 0.6) is 0 Å². The fraction of sp³-hybridized carbons (Fsp3) is 0.333. The molecule has 2 aromatic rings. The first-order valence-corrected chi connectivity index (χ1v) is 6.63. The summed E-state index contributed by atoms with van der Waals surface area (Å²) in [4.78, 5) is 8.00. The van der Waals surface area contributed by atoms with Gasteiger partial charge in [-0.1, -0.05) is 13.0 Å². The minimum absolute atomic E-state index is 0.0130. The molecule has 3 nitrogen and oxygen atoms in total. The maximum absolute atomic E-state index is 13.3. The molecule has 1 aromatic carbocycles. The van der Waals surface area contributed by atoms with Crippen LogP contribution >= 0.6 is 0 Å². The van der Waals surface area contributed by atoms with Crippen molar-refractivity contribution in [2.24, 2.45) is 0 Å². The van der Waals surface area contributed by atoms with Gasteiger partial charge in [-0.3, -0.25) is 0 Å². The second-order valence-corrected chi connectivity index (χ2v) is 4.63. The summed E-state index contributed by atoms with van der Waals surface area (Å²) < 4.78 is 26.2. The molecule has 0 radical (unpaired) electrons. The van der Waals surface area contributed by atoms with E-state index in [9.17, 15) is 8.78 Å². The first-order valence-electron chi connectivity index (χ1n) is 6.63. The van der Waals surface area contributed by atoms with E-state index in [1.54, 1.807) is 18.5 Å². The smallest absolute Gasteiger partial charge is 0.159 e. The van der Waals surface area contributed by atoms with Crippen molar-refractivity contribution in [2.45, 2.75) is 25.8 Å². The van der Waals surface area contributed by atoms with E-state index in [1.807, 2.05) is 0 Å². The normalized spacial score (nSPS) is 12.3. The minimum atomic E-state index is -0.824. The van der Waals surface area contributed by atoms with Crippen molar-refractivity contribution in [3.05, 3.63) is 59.7 Å². The van der Waals surface area contributed by atoms with Crippen LogP contribution in [0.25, 0.3) is 0 Å². The molecule has 1 aromatic heterocycles. The zero-order valence-electron chi connectivity index (χ0n) is 11.3. The topological polar surface area (TPSA) is 37.8 Å². The number of nitrogens with one attached hydrogen (secondary N) is 1. The molecule has 0 amide bonds. The van der Waals surface area contributed by atoms with Gasteiger partial charge in [0.25, 0.3) is 0 Å². The van der Waals surface area contributed by atoms with Crippen molar-refractivity contribution in [3.8, 4) is 0 Å². The lowest BCUT2D eigenvalue weighted by Gasteiger charge is -2.18. The number of aromatic nitrogens is 2. The van der Waals surface area contributed by atoms with Gasteiger partial charge >= 0.3 is 0 Å². The Labute approximate surface area is 117 Å². The van der Waals surface area contributed by atoms with Gasteiger partial charge in [0.1, 0.15) is 6.33 Å². The molecule has 0 aliphatic rings. The number of halogens is 2. The highest BCUT2D eigenvalue weighted by atomic mass is 19.2. The molecule has 1 unspecified atom stereocenters. The fourth-order valence-electron chi connectivity index (χ4n) is 2.02. The van der Waals surface area contributed by atoms with Crippen LogP contribution in [0.15, 0.2) is 36.9 Å². The van der Waals surface area contributed by atoms with Crippen LogP contribution in [0.1, 0.15) is 30.5 Å². The molecule has 0 fully saturated rings. The Balaban J connectivity index is 2.17. The van der Waals surface area contributed by atoms with Crippen LogP contribution in [0.4, 0.5) is 8.78 Å². The number of rotatable bonds is 6.